The third-order valence-corrected chi connectivity index (χ3v) is 4.10. The van der Waals surface area contributed by atoms with Gasteiger partial charge in [-0.1, -0.05) is 30.3 Å². The fraction of sp³-hybridized carbons (Fsp3) is 0.368. The van der Waals surface area contributed by atoms with Gasteiger partial charge in [-0.15, -0.1) is 0 Å². The Labute approximate surface area is 142 Å². The summed E-state index contributed by atoms with van der Waals surface area (Å²) in [6, 6.07) is 13.8. The summed E-state index contributed by atoms with van der Waals surface area (Å²) >= 11 is 0. The smallest absolute Gasteiger partial charge is 0.254 e. The Morgan fingerprint density at radius 3 is 2.71 bits per heavy atom. The average molecular weight is 326 g/mol. The highest BCUT2D eigenvalue weighted by molar-refractivity contribution is 5.81. The molecule has 24 heavy (non-hydrogen) atoms. The molecule has 0 saturated carbocycles. The van der Waals surface area contributed by atoms with Crippen molar-refractivity contribution in [2.75, 3.05) is 19.8 Å². The number of carbonyl (C=O) groups is 1. The number of carbonyl (C=O) groups excluding carboxylic acids is 1. The van der Waals surface area contributed by atoms with Crippen LogP contribution in [0, 0.1) is 6.92 Å². The number of aryl methyl sites for hydroxylation is 1. The number of rotatable bonds is 5. The second-order valence-electron chi connectivity index (χ2n) is 5.88. The Morgan fingerprint density at radius 2 is 2.00 bits per heavy atom. The van der Waals surface area contributed by atoms with Crippen LogP contribution in [0.25, 0.3) is 0 Å². The van der Waals surface area contributed by atoms with E-state index in [9.17, 15) is 4.79 Å². The van der Waals surface area contributed by atoms with Gasteiger partial charge in [-0.3, -0.25) is 9.78 Å². The predicted molar refractivity (Wildman–Crippen MR) is 90.2 cm³/mol. The summed E-state index contributed by atoms with van der Waals surface area (Å²) in [7, 11) is 0. The summed E-state index contributed by atoms with van der Waals surface area (Å²) in [5.41, 5.74) is 3.15. The molecule has 0 radical (unpaired) electrons. The molecule has 126 valence electrons. The molecule has 1 saturated heterocycles. The van der Waals surface area contributed by atoms with Gasteiger partial charge >= 0.3 is 0 Å². The van der Waals surface area contributed by atoms with Crippen LogP contribution in [0.1, 0.15) is 16.8 Å². The van der Waals surface area contributed by atoms with Gasteiger partial charge in [0, 0.05) is 12.7 Å². The van der Waals surface area contributed by atoms with Gasteiger partial charge in [-0.05, 0) is 30.2 Å². The van der Waals surface area contributed by atoms with E-state index >= 15 is 0 Å². The molecule has 1 aliphatic heterocycles. The van der Waals surface area contributed by atoms with E-state index in [-0.39, 0.29) is 5.91 Å². The van der Waals surface area contributed by atoms with Gasteiger partial charge in [0.05, 0.1) is 32.1 Å². The van der Waals surface area contributed by atoms with Crippen LogP contribution < -0.4 is 0 Å². The number of hydrogen-bond donors (Lipinski definition) is 0. The predicted octanol–water partition coefficient (Wildman–Crippen LogP) is 2.33. The van der Waals surface area contributed by atoms with E-state index in [0.717, 1.165) is 16.8 Å². The van der Waals surface area contributed by atoms with Gasteiger partial charge in [0.2, 0.25) is 0 Å². The molecule has 3 rings (SSSR count). The van der Waals surface area contributed by atoms with Gasteiger partial charge in [-0.2, -0.15) is 0 Å². The lowest BCUT2D eigenvalue weighted by Gasteiger charge is -2.29. The average Bonchev–Trinajstić information content (AvgIpc) is 2.64. The highest BCUT2D eigenvalue weighted by Crippen LogP contribution is 2.15. The third kappa shape index (κ3) is 4.19. The van der Waals surface area contributed by atoms with Crippen LogP contribution in [0.5, 0.6) is 0 Å². The second kappa shape index (κ2) is 8.04. The molecule has 0 spiro atoms. The molecule has 1 amide bonds. The lowest BCUT2D eigenvalue weighted by atomic mass is 10.1. The van der Waals surface area contributed by atoms with Crippen LogP contribution in [0.15, 0.2) is 48.7 Å². The monoisotopic (exact) mass is 326 g/mol. The van der Waals surface area contributed by atoms with Crippen LogP contribution in [0.2, 0.25) is 0 Å². The minimum atomic E-state index is -0.536. The van der Waals surface area contributed by atoms with E-state index < -0.39 is 6.10 Å². The fourth-order valence-electron chi connectivity index (χ4n) is 2.73. The number of aromatic nitrogens is 1. The minimum absolute atomic E-state index is 0.0522. The van der Waals surface area contributed by atoms with Crippen LogP contribution in [0.3, 0.4) is 0 Å². The van der Waals surface area contributed by atoms with E-state index in [1.165, 1.54) is 0 Å². The zero-order chi connectivity index (χ0) is 16.8. The SMILES string of the molecule is Cc1ccccc1CN(Cc1ccccn1)C(=O)[C@H]1COCCO1. The highest BCUT2D eigenvalue weighted by Gasteiger charge is 2.28. The molecule has 0 bridgehead atoms. The number of nitrogens with zero attached hydrogens (tertiary/aromatic N) is 2. The van der Waals surface area contributed by atoms with Gasteiger partial charge in [-0.25, -0.2) is 0 Å². The molecule has 0 unspecified atom stereocenters. The number of amides is 1. The molecule has 0 N–H and O–H groups in total. The van der Waals surface area contributed by atoms with Crippen LogP contribution in [-0.4, -0.2) is 41.7 Å². The van der Waals surface area contributed by atoms with Gasteiger partial charge < -0.3 is 14.4 Å². The molecule has 1 aromatic heterocycles. The van der Waals surface area contributed by atoms with Crippen molar-refractivity contribution in [2.45, 2.75) is 26.1 Å². The molecule has 5 nitrogen and oxygen atoms in total. The molecule has 0 aliphatic carbocycles. The zero-order valence-electron chi connectivity index (χ0n) is 13.9. The topological polar surface area (TPSA) is 51.7 Å². The Bertz CT molecular complexity index is 669. The first-order valence-corrected chi connectivity index (χ1v) is 8.16. The van der Waals surface area contributed by atoms with Crippen LogP contribution >= 0.6 is 0 Å². The summed E-state index contributed by atoms with van der Waals surface area (Å²) in [5.74, 6) is -0.0522. The first kappa shape index (κ1) is 16.6. The Kier molecular flexibility index (Phi) is 5.56. The number of hydrogen-bond acceptors (Lipinski definition) is 4. The molecule has 5 heteroatoms. The zero-order valence-corrected chi connectivity index (χ0v) is 13.9. The molecule has 1 aliphatic rings. The van der Waals surface area contributed by atoms with Crippen molar-refractivity contribution in [3.8, 4) is 0 Å². The van der Waals surface area contributed by atoms with Crippen molar-refractivity contribution >= 4 is 5.91 Å². The Hall–Kier alpha value is -2.24. The molecule has 1 aromatic carbocycles. The molecular weight excluding hydrogens is 304 g/mol. The first-order chi connectivity index (χ1) is 11.7. The summed E-state index contributed by atoms with van der Waals surface area (Å²) in [6.07, 6.45) is 1.21. The number of benzene rings is 1. The van der Waals surface area contributed by atoms with Gasteiger partial charge in [0.1, 0.15) is 0 Å². The molecular formula is C19H22N2O3. The lowest BCUT2D eigenvalue weighted by molar-refractivity contribution is -0.159. The maximum absolute atomic E-state index is 12.9. The maximum Gasteiger partial charge on any atom is 0.254 e. The molecule has 2 heterocycles. The summed E-state index contributed by atoms with van der Waals surface area (Å²) in [6.45, 7) is 4.35. The van der Waals surface area contributed by atoms with Crippen LogP contribution in [-0.2, 0) is 27.4 Å². The minimum Gasteiger partial charge on any atom is -0.376 e. The number of pyridine rings is 1. The Balaban J connectivity index is 1.79. The molecule has 1 fully saturated rings. The van der Waals surface area contributed by atoms with Crippen molar-refractivity contribution in [1.82, 2.24) is 9.88 Å². The fourth-order valence-corrected chi connectivity index (χ4v) is 2.73. The van der Waals surface area contributed by atoms with Crippen molar-refractivity contribution in [3.63, 3.8) is 0 Å². The molecule has 2 aromatic rings. The standard InChI is InChI=1S/C19H22N2O3/c1-15-6-2-3-7-16(15)12-21(13-17-8-4-5-9-20-17)19(22)18-14-23-10-11-24-18/h2-9,18H,10-14H2,1H3/t18-/m1/s1. The van der Waals surface area contributed by atoms with Crippen molar-refractivity contribution in [1.29, 1.82) is 0 Å². The summed E-state index contributed by atoms with van der Waals surface area (Å²) in [5, 5.41) is 0. The third-order valence-electron chi connectivity index (χ3n) is 4.10. The summed E-state index contributed by atoms with van der Waals surface area (Å²) < 4.78 is 11.0. The lowest BCUT2D eigenvalue weighted by Crippen LogP contribution is -2.44. The van der Waals surface area contributed by atoms with Crippen molar-refractivity contribution in [2.24, 2.45) is 0 Å². The second-order valence-corrected chi connectivity index (χ2v) is 5.88. The normalized spacial score (nSPS) is 17.5. The van der Waals surface area contributed by atoms with Crippen LogP contribution in [0.4, 0.5) is 0 Å². The largest absolute Gasteiger partial charge is 0.376 e. The van der Waals surface area contributed by atoms with Crippen molar-refractivity contribution < 1.29 is 14.3 Å². The number of ether oxygens (including phenoxy) is 2. The summed E-state index contributed by atoms with van der Waals surface area (Å²) in [4.78, 5) is 19.1. The highest BCUT2D eigenvalue weighted by atomic mass is 16.6. The van der Waals surface area contributed by atoms with E-state index in [2.05, 4.69) is 18.0 Å². The molecule has 1 atom stereocenters. The maximum atomic E-state index is 12.9. The van der Waals surface area contributed by atoms with E-state index in [4.69, 9.17) is 9.47 Å². The van der Waals surface area contributed by atoms with E-state index in [0.29, 0.717) is 32.9 Å². The van der Waals surface area contributed by atoms with E-state index in [1.807, 2.05) is 36.4 Å². The van der Waals surface area contributed by atoms with Gasteiger partial charge in [0.25, 0.3) is 5.91 Å². The van der Waals surface area contributed by atoms with Crippen molar-refractivity contribution in [3.05, 3.63) is 65.5 Å². The van der Waals surface area contributed by atoms with E-state index in [1.54, 1.807) is 11.1 Å². The first-order valence-electron chi connectivity index (χ1n) is 8.16. The van der Waals surface area contributed by atoms with Gasteiger partial charge in [0.15, 0.2) is 6.10 Å². The quantitative estimate of drug-likeness (QED) is 0.846. The Morgan fingerprint density at radius 1 is 1.17 bits per heavy atom.